The van der Waals surface area contributed by atoms with Gasteiger partial charge in [0.15, 0.2) is 0 Å². The Morgan fingerprint density at radius 3 is 2.67 bits per heavy atom. The number of carbonyl (C=O) groups is 2. The summed E-state index contributed by atoms with van der Waals surface area (Å²) < 4.78 is 14.0. The van der Waals surface area contributed by atoms with Crippen LogP contribution in [0.3, 0.4) is 0 Å². The molecule has 1 N–H and O–H groups in total. The van der Waals surface area contributed by atoms with Gasteiger partial charge in [-0.2, -0.15) is 0 Å². The fraction of sp³-hybridized carbons (Fsp3) is 0.579. The molecular weight excluding hydrogens is 309 g/mol. The van der Waals surface area contributed by atoms with Gasteiger partial charge < -0.3 is 10.0 Å². The van der Waals surface area contributed by atoms with Gasteiger partial charge in [0.25, 0.3) is 5.91 Å². The van der Waals surface area contributed by atoms with Gasteiger partial charge in [-0.15, -0.1) is 0 Å². The number of hydrogen-bond donors (Lipinski definition) is 1. The normalized spacial score (nSPS) is 21.1. The highest BCUT2D eigenvalue weighted by atomic mass is 19.1. The molecular formula is C19H26FNO3. The molecule has 1 aliphatic rings. The van der Waals surface area contributed by atoms with Gasteiger partial charge in [-0.3, -0.25) is 9.59 Å². The van der Waals surface area contributed by atoms with Crippen LogP contribution in [0.25, 0.3) is 0 Å². The summed E-state index contributed by atoms with van der Waals surface area (Å²) in [5, 5.41) is 9.93. The lowest BCUT2D eigenvalue weighted by molar-refractivity contribution is -0.148. The van der Waals surface area contributed by atoms with Gasteiger partial charge in [-0.25, -0.2) is 4.39 Å². The number of likely N-dealkylation sites (tertiary alicyclic amines) is 1. The predicted octanol–water partition coefficient (Wildman–Crippen LogP) is 2.58. The number of benzene rings is 1. The van der Waals surface area contributed by atoms with Crippen molar-refractivity contribution in [1.29, 1.82) is 0 Å². The molecule has 1 amide bonds. The Labute approximate surface area is 142 Å². The highest BCUT2D eigenvalue weighted by Crippen LogP contribution is 2.34. The molecule has 24 heavy (non-hydrogen) atoms. The smallest absolute Gasteiger partial charge is 0.289 e. The van der Waals surface area contributed by atoms with Crippen molar-refractivity contribution in [3.63, 3.8) is 0 Å². The summed E-state index contributed by atoms with van der Waals surface area (Å²) in [6.45, 7) is 4.47. The minimum atomic E-state index is -0.589. The summed E-state index contributed by atoms with van der Waals surface area (Å²) in [6, 6.07) is 6.50. The van der Waals surface area contributed by atoms with Gasteiger partial charge >= 0.3 is 0 Å². The highest BCUT2D eigenvalue weighted by molar-refractivity contribution is 6.36. The van der Waals surface area contributed by atoms with Crippen LogP contribution in [0.15, 0.2) is 24.3 Å². The lowest BCUT2D eigenvalue weighted by Gasteiger charge is -2.41. The van der Waals surface area contributed by atoms with Crippen LogP contribution in [0.1, 0.15) is 38.7 Å². The van der Waals surface area contributed by atoms with E-state index in [0.29, 0.717) is 37.9 Å². The summed E-state index contributed by atoms with van der Waals surface area (Å²) >= 11 is 0. The van der Waals surface area contributed by atoms with Gasteiger partial charge in [-0.1, -0.05) is 32.0 Å². The zero-order valence-electron chi connectivity index (χ0n) is 14.4. The molecule has 0 saturated carbocycles. The molecule has 0 bridgehead atoms. The number of hydrogen-bond acceptors (Lipinski definition) is 3. The van der Waals surface area contributed by atoms with Gasteiger partial charge in [0, 0.05) is 24.9 Å². The number of piperidine rings is 1. The van der Waals surface area contributed by atoms with Crippen LogP contribution in [-0.2, 0) is 16.0 Å². The molecule has 132 valence electrons. The monoisotopic (exact) mass is 335 g/mol. The predicted molar refractivity (Wildman–Crippen MR) is 89.9 cm³/mol. The van der Waals surface area contributed by atoms with Gasteiger partial charge in [0.2, 0.25) is 5.78 Å². The molecule has 1 atom stereocenters. The van der Waals surface area contributed by atoms with Gasteiger partial charge in [-0.05, 0) is 36.8 Å². The van der Waals surface area contributed by atoms with E-state index in [1.165, 1.54) is 11.0 Å². The molecule has 1 aliphatic heterocycles. The minimum Gasteiger partial charge on any atom is -0.396 e. The summed E-state index contributed by atoms with van der Waals surface area (Å²) in [7, 11) is 0. The van der Waals surface area contributed by atoms with Crippen LogP contribution < -0.4 is 0 Å². The molecule has 1 aromatic rings. The molecule has 0 aromatic heterocycles. The first kappa shape index (κ1) is 18.6. The van der Waals surface area contributed by atoms with Crippen molar-refractivity contribution in [2.75, 3.05) is 19.7 Å². The molecule has 5 heteroatoms. The lowest BCUT2D eigenvalue weighted by Crippen LogP contribution is -2.50. The van der Waals surface area contributed by atoms with Crippen LogP contribution in [0, 0.1) is 17.2 Å². The van der Waals surface area contributed by atoms with Crippen LogP contribution in [-0.4, -0.2) is 41.4 Å². The number of Topliss-reactive ketones (excluding diaryl/α,β-unsaturated/α-hetero) is 1. The van der Waals surface area contributed by atoms with Crippen molar-refractivity contribution in [3.05, 3.63) is 35.6 Å². The number of aliphatic hydroxyl groups is 1. The molecule has 1 unspecified atom stereocenters. The lowest BCUT2D eigenvalue weighted by atomic mass is 9.75. The van der Waals surface area contributed by atoms with E-state index >= 15 is 0 Å². The van der Waals surface area contributed by atoms with E-state index in [1.807, 2.05) is 13.8 Å². The van der Waals surface area contributed by atoms with E-state index in [2.05, 4.69) is 0 Å². The molecule has 1 heterocycles. The number of rotatable bonds is 6. The van der Waals surface area contributed by atoms with Gasteiger partial charge in [0.1, 0.15) is 5.82 Å². The maximum Gasteiger partial charge on any atom is 0.289 e. The third-order valence-electron chi connectivity index (χ3n) is 4.64. The van der Waals surface area contributed by atoms with Crippen molar-refractivity contribution in [1.82, 2.24) is 4.90 Å². The first-order valence-corrected chi connectivity index (χ1v) is 8.53. The van der Waals surface area contributed by atoms with Crippen LogP contribution >= 0.6 is 0 Å². The Hall–Kier alpha value is -1.75. The molecule has 1 fully saturated rings. The fourth-order valence-corrected chi connectivity index (χ4v) is 3.39. The number of ketones is 1. The second-order valence-electron chi connectivity index (χ2n) is 7.28. The van der Waals surface area contributed by atoms with E-state index < -0.39 is 11.3 Å². The highest BCUT2D eigenvalue weighted by Gasteiger charge is 2.38. The Kier molecular flexibility index (Phi) is 6.10. The van der Waals surface area contributed by atoms with E-state index in [0.717, 1.165) is 0 Å². The Bertz CT molecular complexity index is 602. The Morgan fingerprint density at radius 2 is 2.04 bits per heavy atom. The fourth-order valence-electron chi connectivity index (χ4n) is 3.39. The first-order chi connectivity index (χ1) is 11.4. The summed E-state index contributed by atoms with van der Waals surface area (Å²) in [5.41, 5.74) is -0.0526. The zero-order chi connectivity index (χ0) is 17.7. The standard InChI is InChI=1S/C19H26FNO3/c1-14(2)10-17(23)18(24)21-9-5-8-19(12-21,13-22)11-15-6-3-4-7-16(15)20/h3-4,6-7,14,22H,5,8-13H2,1-2H3. The van der Waals surface area contributed by atoms with E-state index in [1.54, 1.807) is 18.2 Å². The average molecular weight is 335 g/mol. The van der Waals surface area contributed by atoms with Gasteiger partial charge in [0.05, 0.1) is 6.61 Å². The molecule has 0 spiro atoms. The van der Waals surface area contributed by atoms with Crippen LogP contribution in [0.2, 0.25) is 0 Å². The SMILES string of the molecule is CC(C)CC(=O)C(=O)N1CCCC(CO)(Cc2ccccc2F)C1. The topological polar surface area (TPSA) is 57.6 Å². The number of nitrogens with zero attached hydrogens (tertiary/aromatic N) is 1. The second-order valence-corrected chi connectivity index (χ2v) is 7.28. The summed E-state index contributed by atoms with van der Waals surface area (Å²) in [5.74, 6) is -1.03. The molecule has 4 nitrogen and oxygen atoms in total. The van der Waals surface area contributed by atoms with Crippen molar-refractivity contribution in [2.45, 2.75) is 39.5 Å². The molecule has 1 saturated heterocycles. The maximum atomic E-state index is 14.0. The molecule has 2 rings (SSSR count). The van der Waals surface area contributed by atoms with Crippen molar-refractivity contribution in [2.24, 2.45) is 11.3 Å². The first-order valence-electron chi connectivity index (χ1n) is 8.53. The van der Waals surface area contributed by atoms with E-state index in [-0.39, 0.29) is 30.5 Å². The number of halogens is 1. The van der Waals surface area contributed by atoms with E-state index in [4.69, 9.17) is 0 Å². The van der Waals surface area contributed by atoms with Crippen molar-refractivity contribution in [3.8, 4) is 0 Å². The van der Waals surface area contributed by atoms with E-state index in [9.17, 15) is 19.1 Å². The maximum absolute atomic E-state index is 14.0. The zero-order valence-corrected chi connectivity index (χ0v) is 14.4. The quantitative estimate of drug-likeness (QED) is 0.813. The molecule has 0 aliphatic carbocycles. The number of carbonyl (C=O) groups excluding carboxylic acids is 2. The largest absolute Gasteiger partial charge is 0.396 e. The Balaban J connectivity index is 2.12. The number of aliphatic hydroxyl groups excluding tert-OH is 1. The van der Waals surface area contributed by atoms with Crippen LogP contribution in [0.5, 0.6) is 0 Å². The molecule has 0 radical (unpaired) electrons. The minimum absolute atomic E-state index is 0.132. The average Bonchev–Trinajstić information content (AvgIpc) is 2.56. The summed E-state index contributed by atoms with van der Waals surface area (Å²) in [6.07, 6.45) is 2.00. The second kappa shape index (κ2) is 7.88. The Morgan fingerprint density at radius 1 is 1.33 bits per heavy atom. The number of amides is 1. The third-order valence-corrected chi connectivity index (χ3v) is 4.64. The summed E-state index contributed by atoms with van der Waals surface area (Å²) in [4.78, 5) is 26.0. The molecule has 1 aromatic carbocycles. The third kappa shape index (κ3) is 4.41. The van der Waals surface area contributed by atoms with Crippen molar-refractivity contribution >= 4 is 11.7 Å². The van der Waals surface area contributed by atoms with Crippen molar-refractivity contribution < 1.29 is 19.1 Å². The van der Waals surface area contributed by atoms with Crippen LogP contribution in [0.4, 0.5) is 4.39 Å².